The second-order valence-electron chi connectivity index (χ2n) is 8.38. The molecule has 0 atom stereocenters. The van der Waals surface area contributed by atoms with E-state index in [9.17, 15) is 4.79 Å². The largest absolute Gasteiger partial charge is 0.493 e. The average molecular weight is 507 g/mol. The molecule has 0 fully saturated rings. The van der Waals surface area contributed by atoms with Crippen molar-refractivity contribution in [1.82, 2.24) is 19.7 Å². The van der Waals surface area contributed by atoms with Crippen LogP contribution in [0, 0.1) is 0 Å². The molecule has 0 saturated carbocycles. The van der Waals surface area contributed by atoms with Gasteiger partial charge in [0.05, 0.1) is 57.4 Å². The molecular weight excluding hydrogens is 476 g/mol. The van der Waals surface area contributed by atoms with E-state index in [1.807, 2.05) is 38.1 Å². The molecule has 0 amide bonds. The number of pyridine rings is 1. The second-order valence-corrected chi connectivity index (χ2v) is 8.38. The van der Waals surface area contributed by atoms with Crippen molar-refractivity contribution in [2.24, 2.45) is 0 Å². The quantitative estimate of drug-likeness (QED) is 0.287. The first-order valence-electron chi connectivity index (χ1n) is 11.8. The van der Waals surface area contributed by atoms with Crippen molar-refractivity contribution in [3.05, 3.63) is 54.2 Å². The molecule has 0 aliphatic carbocycles. The van der Waals surface area contributed by atoms with Gasteiger partial charge in [-0.25, -0.2) is 19.4 Å². The van der Waals surface area contributed by atoms with E-state index in [1.54, 1.807) is 45.3 Å². The van der Waals surface area contributed by atoms with E-state index >= 15 is 0 Å². The smallest absolute Gasteiger partial charge is 0.340 e. The van der Waals surface area contributed by atoms with Gasteiger partial charge in [0.15, 0.2) is 23.0 Å². The summed E-state index contributed by atoms with van der Waals surface area (Å²) >= 11 is 0. The molecule has 4 rings (SSSR count). The Morgan fingerprint density at radius 3 is 2.32 bits per heavy atom. The van der Waals surface area contributed by atoms with Gasteiger partial charge >= 0.3 is 5.97 Å². The van der Waals surface area contributed by atoms with E-state index in [2.05, 4.69) is 10.1 Å². The van der Waals surface area contributed by atoms with Gasteiger partial charge in [-0.1, -0.05) is 6.07 Å². The Hall–Kier alpha value is -4.34. The first-order valence-corrected chi connectivity index (χ1v) is 11.8. The van der Waals surface area contributed by atoms with Crippen molar-refractivity contribution in [2.75, 3.05) is 27.9 Å². The fourth-order valence-electron chi connectivity index (χ4n) is 4.12. The lowest BCUT2D eigenvalue weighted by Gasteiger charge is -2.20. The highest BCUT2D eigenvalue weighted by Gasteiger charge is 2.26. The van der Waals surface area contributed by atoms with Crippen molar-refractivity contribution in [3.63, 3.8) is 0 Å². The lowest BCUT2D eigenvalue weighted by atomic mass is 9.93. The molecule has 2 heterocycles. The number of hydrogen-bond donors (Lipinski definition) is 0. The van der Waals surface area contributed by atoms with Gasteiger partial charge in [-0.3, -0.25) is 0 Å². The third-order valence-electron chi connectivity index (χ3n) is 5.64. The lowest BCUT2D eigenvalue weighted by molar-refractivity contribution is 0.0525. The van der Waals surface area contributed by atoms with Gasteiger partial charge in [-0.15, -0.1) is 0 Å². The fourth-order valence-corrected chi connectivity index (χ4v) is 4.12. The maximum atomic E-state index is 13.5. The Bertz CT molecular complexity index is 1400. The van der Waals surface area contributed by atoms with Gasteiger partial charge < -0.3 is 23.7 Å². The molecule has 0 aliphatic heterocycles. The van der Waals surface area contributed by atoms with Crippen LogP contribution in [0.25, 0.3) is 22.0 Å². The molecule has 2 aromatic carbocycles. The zero-order chi connectivity index (χ0) is 26.5. The van der Waals surface area contributed by atoms with E-state index in [-0.39, 0.29) is 19.3 Å². The molecule has 0 saturated heterocycles. The predicted molar refractivity (Wildman–Crippen MR) is 138 cm³/mol. The van der Waals surface area contributed by atoms with Crippen molar-refractivity contribution in [3.8, 4) is 34.1 Å². The van der Waals surface area contributed by atoms with Crippen LogP contribution in [-0.2, 0) is 11.3 Å². The summed E-state index contributed by atoms with van der Waals surface area (Å²) in [6.07, 6.45) is 2.91. The summed E-state index contributed by atoms with van der Waals surface area (Å²) in [4.78, 5) is 22.3. The van der Waals surface area contributed by atoms with Gasteiger partial charge in [0, 0.05) is 17.0 Å². The highest BCUT2D eigenvalue weighted by Crippen LogP contribution is 2.42. The van der Waals surface area contributed by atoms with Crippen LogP contribution in [0.1, 0.15) is 36.8 Å². The van der Waals surface area contributed by atoms with Crippen molar-refractivity contribution in [1.29, 1.82) is 0 Å². The first kappa shape index (κ1) is 25.7. The third-order valence-corrected chi connectivity index (χ3v) is 5.64. The van der Waals surface area contributed by atoms with Crippen molar-refractivity contribution < 1.29 is 28.5 Å². The molecule has 0 radical (unpaired) electrons. The Kier molecular flexibility index (Phi) is 7.76. The van der Waals surface area contributed by atoms with Gasteiger partial charge in [0.1, 0.15) is 12.7 Å². The normalized spacial score (nSPS) is 11.0. The standard InChI is InChI=1S/C27H30N4O6/c1-7-36-27(32)26-20(13-31-15-28-14-29-31)30-19-12-23(35-6)22(34-5)11-18(19)25(26)17-8-9-21(33-4)24(10-17)37-16(2)3/h8-12,14-16H,7,13H2,1-6H3. The maximum Gasteiger partial charge on any atom is 0.340 e. The summed E-state index contributed by atoms with van der Waals surface area (Å²) in [5.41, 5.74) is 2.74. The Labute approximate surface area is 215 Å². The number of ether oxygens (including phenoxy) is 5. The number of methoxy groups -OCH3 is 3. The number of carbonyl (C=O) groups is 1. The maximum absolute atomic E-state index is 13.5. The summed E-state index contributed by atoms with van der Waals surface area (Å²) < 4.78 is 29.8. The van der Waals surface area contributed by atoms with E-state index in [1.165, 1.54) is 6.33 Å². The van der Waals surface area contributed by atoms with Crippen LogP contribution < -0.4 is 18.9 Å². The molecule has 0 unspecified atom stereocenters. The van der Waals surface area contributed by atoms with Crippen molar-refractivity contribution in [2.45, 2.75) is 33.4 Å². The number of hydrogen-bond acceptors (Lipinski definition) is 9. The summed E-state index contributed by atoms with van der Waals surface area (Å²) in [6, 6.07) is 9.13. The SMILES string of the molecule is CCOC(=O)c1c(Cn2cncn2)nc2cc(OC)c(OC)cc2c1-c1ccc(OC)c(OC(C)C)c1. The molecule has 0 bridgehead atoms. The monoisotopic (exact) mass is 506 g/mol. The number of carbonyl (C=O) groups excluding carboxylic acids is 1. The van der Waals surface area contributed by atoms with E-state index in [4.69, 9.17) is 28.7 Å². The highest BCUT2D eigenvalue weighted by atomic mass is 16.5. The average Bonchev–Trinajstić information content (AvgIpc) is 3.40. The number of fused-ring (bicyclic) bond motifs is 1. The number of benzene rings is 2. The zero-order valence-electron chi connectivity index (χ0n) is 21.8. The Morgan fingerprint density at radius 1 is 0.973 bits per heavy atom. The molecule has 194 valence electrons. The van der Waals surface area contributed by atoms with Crippen LogP contribution in [-0.4, -0.2) is 59.8 Å². The molecule has 0 aliphatic rings. The minimum atomic E-state index is -0.501. The highest BCUT2D eigenvalue weighted by molar-refractivity contribution is 6.08. The molecule has 10 nitrogen and oxygen atoms in total. The van der Waals surface area contributed by atoms with Gasteiger partial charge in [0.25, 0.3) is 0 Å². The molecule has 10 heteroatoms. The lowest BCUT2D eigenvalue weighted by Crippen LogP contribution is -2.15. The minimum absolute atomic E-state index is 0.0879. The van der Waals surface area contributed by atoms with Crippen molar-refractivity contribution >= 4 is 16.9 Å². The van der Waals surface area contributed by atoms with Crippen LogP contribution in [0.5, 0.6) is 23.0 Å². The Balaban J connectivity index is 2.10. The van der Waals surface area contributed by atoms with E-state index < -0.39 is 5.97 Å². The minimum Gasteiger partial charge on any atom is -0.493 e. The van der Waals surface area contributed by atoms with Gasteiger partial charge in [-0.05, 0) is 44.5 Å². The number of nitrogens with zero attached hydrogens (tertiary/aromatic N) is 4. The predicted octanol–water partition coefficient (Wildman–Crippen LogP) is 4.53. The summed E-state index contributed by atoms with van der Waals surface area (Å²) in [6.45, 7) is 6.04. The topological polar surface area (TPSA) is 107 Å². The van der Waals surface area contributed by atoms with E-state index in [0.717, 1.165) is 5.56 Å². The summed E-state index contributed by atoms with van der Waals surface area (Å²) in [5, 5.41) is 4.89. The van der Waals surface area contributed by atoms with Crippen LogP contribution in [0.4, 0.5) is 0 Å². The number of rotatable bonds is 10. The summed E-state index contributed by atoms with van der Waals surface area (Å²) in [7, 11) is 4.71. The van der Waals surface area contributed by atoms with Crippen LogP contribution in [0.15, 0.2) is 43.0 Å². The Morgan fingerprint density at radius 2 is 1.70 bits per heavy atom. The fraction of sp³-hybridized carbons (Fsp3) is 0.333. The summed E-state index contributed by atoms with van der Waals surface area (Å²) in [5.74, 6) is 1.65. The molecule has 4 aromatic rings. The zero-order valence-corrected chi connectivity index (χ0v) is 21.8. The molecule has 0 spiro atoms. The van der Waals surface area contributed by atoms with Crippen LogP contribution in [0.3, 0.4) is 0 Å². The number of esters is 1. The molecule has 2 aromatic heterocycles. The van der Waals surface area contributed by atoms with E-state index in [0.29, 0.717) is 50.7 Å². The molecule has 0 N–H and O–H groups in total. The van der Waals surface area contributed by atoms with Crippen LogP contribution >= 0.6 is 0 Å². The van der Waals surface area contributed by atoms with Gasteiger partial charge in [0.2, 0.25) is 0 Å². The van der Waals surface area contributed by atoms with Gasteiger partial charge in [-0.2, -0.15) is 5.10 Å². The second kappa shape index (κ2) is 11.2. The third kappa shape index (κ3) is 5.28. The van der Waals surface area contributed by atoms with Crippen LogP contribution in [0.2, 0.25) is 0 Å². The molecular formula is C27H30N4O6. The first-order chi connectivity index (χ1) is 17.9. The molecule has 37 heavy (non-hydrogen) atoms. The number of aromatic nitrogens is 4.